The van der Waals surface area contributed by atoms with Crippen molar-refractivity contribution in [3.8, 4) is 0 Å². The van der Waals surface area contributed by atoms with Crippen LogP contribution in [0.3, 0.4) is 0 Å². The highest BCUT2D eigenvalue weighted by molar-refractivity contribution is 6.08. The smallest absolute Gasteiger partial charge is 0.355 e. The molecule has 0 aromatic carbocycles. The zero-order chi connectivity index (χ0) is 17.7. The van der Waals surface area contributed by atoms with Crippen LogP contribution in [0, 0.1) is 13.8 Å². The van der Waals surface area contributed by atoms with Crippen LogP contribution in [0.4, 0.5) is 5.69 Å². The summed E-state index contributed by atoms with van der Waals surface area (Å²) in [7, 11) is 0. The molecule has 2 rings (SSSR count). The van der Waals surface area contributed by atoms with Gasteiger partial charge in [-0.15, -0.1) is 6.58 Å². The number of nitrogens with zero attached hydrogens (tertiary/aromatic N) is 2. The van der Waals surface area contributed by atoms with Crippen LogP contribution < -0.4 is 5.32 Å². The van der Waals surface area contributed by atoms with Crippen LogP contribution in [-0.4, -0.2) is 28.0 Å². The lowest BCUT2D eigenvalue weighted by atomic mass is 10.1. The normalized spacial score (nSPS) is 10.3. The summed E-state index contributed by atoms with van der Waals surface area (Å²) in [5.41, 5.74) is 2.72. The average molecular weight is 327 g/mol. The molecule has 0 radical (unpaired) electrons. The van der Waals surface area contributed by atoms with Crippen molar-refractivity contribution < 1.29 is 14.3 Å². The van der Waals surface area contributed by atoms with Crippen molar-refractivity contribution in [3.63, 3.8) is 0 Å². The Balaban J connectivity index is 2.46. The molecule has 2 aromatic heterocycles. The molecule has 6 heteroatoms. The number of hydrogen-bond donors (Lipinski definition) is 1. The van der Waals surface area contributed by atoms with Gasteiger partial charge in [0.05, 0.1) is 24.1 Å². The molecule has 0 bridgehead atoms. The van der Waals surface area contributed by atoms with Gasteiger partial charge in [-0.25, -0.2) is 4.79 Å². The zero-order valence-electron chi connectivity index (χ0n) is 14.1. The van der Waals surface area contributed by atoms with Gasteiger partial charge in [0.15, 0.2) is 0 Å². The molecule has 0 spiro atoms. The maximum atomic E-state index is 12.7. The molecule has 0 saturated carbocycles. The molecule has 6 nitrogen and oxygen atoms in total. The first-order valence-electron chi connectivity index (χ1n) is 7.70. The summed E-state index contributed by atoms with van der Waals surface area (Å²) >= 11 is 0. The lowest BCUT2D eigenvalue weighted by Gasteiger charge is -2.09. The summed E-state index contributed by atoms with van der Waals surface area (Å²) in [5, 5.41) is 2.80. The van der Waals surface area contributed by atoms with E-state index in [4.69, 9.17) is 4.74 Å². The second kappa shape index (κ2) is 7.59. The SMILES string of the molecule is C=CCn1c(C)c(C(=O)Nc2cccnc2)c(C)c1C(=O)OCC. The zero-order valence-corrected chi connectivity index (χ0v) is 14.1. The third-order valence-electron chi connectivity index (χ3n) is 3.69. The summed E-state index contributed by atoms with van der Waals surface area (Å²) in [6, 6.07) is 3.49. The molecule has 1 amide bonds. The highest BCUT2D eigenvalue weighted by Gasteiger charge is 2.26. The number of hydrogen-bond acceptors (Lipinski definition) is 4. The Hall–Kier alpha value is -2.89. The third kappa shape index (κ3) is 3.37. The molecule has 0 aliphatic rings. The van der Waals surface area contributed by atoms with Crippen molar-refractivity contribution in [2.75, 3.05) is 11.9 Å². The third-order valence-corrected chi connectivity index (χ3v) is 3.69. The van der Waals surface area contributed by atoms with Crippen LogP contribution in [0.1, 0.15) is 39.0 Å². The molecule has 0 saturated heterocycles. The van der Waals surface area contributed by atoms with E-state index in [0.717, 1.165) is 0 Å². The first kappa shape index (κ1) is 17.5. The van der Waals surface area contributed by atoms with Gasteiger partial charge < -0.3 is 14.6 Å². The highest BCUT2D eigenvalue weighted by Crippen LogP contribution is 2.24. The molecule has 0 atom stereocenters. The number of amides is 1. The van der Waals surface area contributed by atoms with Crippen molar-refractivity contribution >= 4 is 17.6 Å². The number of carbonyl (C=O) groups excluding carboxylic acids is 2. The number of carbonyl (C=O) groups is 2. The van der Waals surface area contributed by atoms with E-state index in [1.54, 1.807) is 55.9 Å². The van der Waals surface area contributed by atoms with Gasteiger partial charge in [0.25, 0.3) is 5.91 Å². The first-order chi connectivity index (χ1) is 11.5. The number of esters is 1. The molecule has 0 aliphatic carbocycles. The molecule has 1 N–H and O–H groups in total. The van der Waals surface area contributed by atoms with E-state index in [9.17, 15) is 9.59 Å². The summed E-state index contributed by atoms with van der Waals surface area (Å²) in [6.07, 6.45) is 4.87. The van der Waals surface area contributed by atoms with Crippen LogP contribution in [-0.2, 0) is 11.3 Å². The number of ether oxygens (including phenoxy) is 1. The summed E-state index contributed by atoms with van der Waals surface area (Å²) in [6.45, 7) is 9.70. The van der Waals surface area contributed by atoms with Crippen molar-refractivity contribution in [2.24, 2.45) is 0 Å². The van der Waals surface area contributed by atoms with Crippen molar-refractivity contribution in [1.82, 2.24) is 9.55 Å². The van der Waals surface area contributed by atoms with Crippen LogP contribution in [0.15, 0.2) is 37.2 Å². The predicted molar refractivity (Wildman–Crippen MR) is 92.2 cm³/mol. The first-order valence-corrected chi connectivity index (χ1v) is 7.70. The Morgan fingerprint density at radius 1 is 1.42 bits per heavy atom. The number of aromatic nitrogens is 2. The fourth-order valence-corrected chi connectivity index (χ4v) is 2.68. The second-order valence-electron chi connectivity index (χ2n) is 5.25. The summed E-state index contributed by atoms with van der Waals surface area (Å²) in [4.78, 5) is 28.9. The van der Waals surface area contributed by atoms with E-state index in [-0.39, 0.29) is 12.5 Å². The van der Waals surface area contributed by atoms with E-state index >= 15 is 0 Å². The maximum Gasteiger partial charge on any atom is 0.355 e. The van der Waals surface area contributed by atoms with Gasteiger partial charge in [0.1, 0.15) is 5.69 Å². The number of pyridine rings is 1. The van der Waals surface area contributed by atoms with Crippen LogP contribution in [0.5, 0.6) is 0 Å². The van der Waals surface area contributed by atoms with E-state index < -0.39 is 5.97 Å². The van der Waals surface area contributed by atoms with Crippen molar-refractivity contribution in [3.05, 3.63) is 59.7 Å². The molecule has 0 fully saturated rings. The van der Waals surface area contributed by atoms with Gasteiger partial charge in [0, 0.05) is 18.4 Å². The number of anilines is 1. The van der Waals surface area contributed by atoms with Crippen molar-refractivity contribution in [1.29, 1.82) is 0 Å². The van der Waals surface area contributed by atoms with Crippen LogP contribution in [0.25, 0.3) is 0 Å². The fourth-order valence-electron chi connectivity index (χ4n) is 2.68. The van der Waals surface area contributed by atoms with E-state index in [0.29, 0.717) is 34.7 Å². The van der Waals surface area contributed by atoms with Gasteiger partial charge in [0.2, 0.25) is 0 Å². The van der Waals surface area contributed by atoms with Gasteiger partial charge >= 0.3 is 5.97 Å². The Bertz CT molecular complexity index is 764. The minimum atomic E-state index is -0.444. The molecular weight excluding hydrogens is 306 g/mol. The number of allylic oxidation sites excluding steroid dienone is 1. The summed E-state index contributed by atoms with van der Waals surface area (Å²) < 4.78 is 6.87. The van der Waals surface area contributed by atoms with Crippen LogP contribution in [0.2, 0.25) is 0 Å². The molecule has 126 valence electrons. The van der Waals surface area contributed by atoms with E-state index in [1.165, 1.54) is 0 Å². The molecule has 2 heterocycles. The lowest BCUT2D eigenvalue weighted by Crippen LogP contribution is -2.14. The maximum absolute atomic E-state index is 12.7. The van der Waals surface area contributed by atoms with E-state index in [2.05, 4.69) is 16.9 Å². The van der Waals surface area contributed by atoms with Gasteiger partial charge in [-0.2, -0.15) is 0 Å². The minimum absolute atomic E-state index is 0.272. The van der Waals surface area contributed by atoms with E-state index in [1.807, 2.05) is 0 Å². The molecule has 0 unspecified atom stereocenters. The van der Waals surface area contributed by atoms with Crippen molar-refractivity contribution in [2.45, 2.75) is 27.3 Å². The Kier molecular flexibility index (Phi) is 5.52. The monoisotopic (exact) mass is 327 g/mol. The predicted octanol–water partition coefficient (Wildman–Crippen LogP) is 3.11. The molecular formula is C18H21N3O3. The number of rotatable bonds is 6. The van der Waals surface area contributed by atoms with Gasteiger partial charge in [-0.3, -0.25) is 9.78 Å². The second-order valence-corrected chi connectivity index (χ2v) is 5.25. The van der Waals surface area contributed by atoms with Crippen LogP contribution >= 0.6 is 0 Å². The number of nitrogens with one attached hydrogen (secondary N) is 1. The highest BCUT2D eigenvalue weighted by atomic mass is 16.5. The standard InChI is InChI=1S/C18H21N3O3/c1-5-10-21-13(4)15(12(3)16(21)18(23)24-6-2)17(22)20-14-8-7-9-19-11-14/h5,7-9,11H,1,6,10H2,2-4H3,(H,20,22). The summed E-state index contributed by atoms with van der Waals surface area (Å²) in [5.74, 6) is -0.730. The fraction of sp³-hybridized carbons (Fsp3) is 0.278. The lowest BCUT2D eigenvalue weighted by molar-refractivity contribution is 0.0513. The minimum Gasteiger partial charge on any atom is -0.461 e. The average Bonchev–Trinajstić information content (AvgIpc) is 2.79. The molecule has 24 heavy (non-hydrogen) atoms. The molecule has 2 aromatic rings. The van der Waals surface area contributed by atoms with Gasteiger partial charge in [-0.05, 0) is 38.5 Å². The Morgan fingerprint density at radius 3 is 2.75 bits per heavy atom. The Morgan fingerprint density at radius 2 is 2.17 bits per heavy atom. The largest absolute Gasteiger partial charge is 0.461 e. The quantitative estimate of drug-likeness (QED) is 0.653. The molecule has 0 aliphatic heterocycles. The Labute approximate surface area is 141 Å². The topological polar surface area (TPSA) is 73.2 Å². The van der Waals surface area contributed by atoms with Gasteiger partial charge in [-0.1, -0.05) is 6.08 Å².